The van der Waals surface area contributed by atoms with Crippen LogP contribution in [0.3, 0.4) is 0 Å². The highest BCUT2D eigenvalue weighted by Crippen LogP contribution is 2.24. The Labute approximate surface area is 160 Å². The highest BCUT2D eigenvalue weighted by molar-refractivity contribution is 7.89. The van der Waals surface area contributed by atoms with Gasteiger partial charge in [0.15, 0.2) is 5.65 Å². The van der Waals surface area contributed by atoms with Crippen LogP contribution < -0.4 is 20.7 Å². The molecule has 0 fully saturated rings. The number of nitrogens with zero attached hydrogens (tertiary/aromatic N) is 3. The fourth-order valence-corrected chi connectivity index (χ4v) is 4.15. The van der Waals surface area contributed by atoms with Crippen molar-refractivity contribution in [2.24, 2.45) is 14.1 Å². The van der Waals surface area contributed by atoms with Gasteiger partial charge in [0.2, 0.25) is 10.0 Å². The molecule has 0 bridgehead atoms. The van der Waals surface area contributed by atoms with Crippen LogP contribution in [0, 0.1) is 6.92 Å². The minimum Gasteiger partial charge on any atom is -0.495 e. The van der Waals surface area contributed by atoms with E-state index in [-0.39, 0.29) is 34.8 Å². The smallest absolute Gasteiger partial charge is 0.332 e. The highest BCUT2D eigenvalue weighted by atomic mass is 32.2. The lowest BCUT2D eigenvalue weighted by Gasteiger charge is -2.11. The van der Waals surface area contributed by atoms with Gasteiger partial charge in [-0.15, -0.1) is 0 Å². The summed E-state index contributed by atoms with van der Waals surface area (Å²) >= 11 is 0. The zero-order valence-electron chi connectivity index (χ0n) is 15.9. The average Bonchev–Trinajstić information content (AvgIpc) is 3.09. The van der Waals surface area contributed by atoms with Gasteiger partial charge in [-0.2, -0.15) is 0 Å². The van der Waals surface area contributed by atoms with Gasteiger partial charge >= 0.3 is 5.69 Å². The van der Waals surface area contributed by atoms with Crippen LogP contribution in [0.2, 0.25) is 0 Å². The molecule has 2 aromatic heterocycles. The lowest BCUT2D eigenvalue weighted by molar-refractivity contribution is 0.402. The Morgan fingerprint density at radius 2 is 1.93 bits per heavy atom. The third kappa shape index (κ3) is 3.45. The summed E-state index contributed by atoms with van der Waals surface area (Å²) in [5.41, 5.74) is 0.245. The molecule has 0 saturated carbocycles. The number of H-pyrrole nitrogens is 1. The van der Waals surface area contributed by atoms with Crippen molar-refractivity contribution in [2.45, 2.75) is 18.2 Å². The second kappa shape index (κ2) is 7.24. The lowest BCUT2D eigenvalue weighted by Crippen LogP contribution is -2.36. The number of hydrogen-bond donors (Lipinski definition) is 2. The molecular weight excluding hydrogens is 386 g/mol. The molecule has 0 aliphatic rings. The van der Waals surface area contributed by atoms with E-state index in [1.165, 1.54) is 31.8 Å². The summed E-state index contributed by atoms with van der Waals surface area (Å²) < 4.78 is 35.1. The average molecular weight is 407 g/mol. The van der Waals surface area contributed by atoms with Gasteiger partial charge in [0, 0.05) is 27.1 Å². The molecule has 11 heteroatoms. The molecule has 2 N–H and O–H groups in total. The van der Waals surface area contributed by atoms with Gasteiger partial charge in [0.25, 0.3) is 5.56 Å². The molecule has 28 heavy (non-hydrogen) atoms. The summed E-state index contributed by atoms with van der Waals surface area (Å²) in [6, 6.07) is 4.89. The predicted octanol–water partition coefficient (Wildman–Crippen LogP) is -0.202. The van der Waals surface area contributed by atoms with E-state index in [0.717, 1.165) is 10.1 Å². The van der Waals surface area contributed by atoms with Crippen molar-refractivity contribution in [3.8, 4) is 5.75 Å². The largest absolute Gasteiger partial charge is 0.495 e. The zero-order chi connectivity index (χ0) is 20.6. The van der Waals surface area contributed by atoms with E-state index in [2.05, 4.69) is 14.7 Å². The van der Waals surface area contributed by atoms with Crippen LogP contribution >= 0.6 is 0 Å². The molecule has 0 unspecified atom stereocenters. The van der Waals surface area contributed by atoms with Gasteiger partial charge in [-0.3, -0.25) is 13.9 Å². The van der Waals surface area contributed by atoms with Crippen molar-refractivity contribution in [1.29, 1.82) is 0 Å². The fourth-order valence-electron chi connectivity index (χ4n) is 2.87. The Balaban J connectivity index is 1.83. The Morgan fingerprint density at radius 1 is 1.21 bits per heavy atom. The Morgan fingerprint density at radius 3 is 2.61 bits per heavy atom. The van der Waals surface area contributed by atoms with E-state index in [4.69, 9.17) is 4.74 Å². The number of imidazole rings is 1. The number of nitrogens with one attached hydrogen (secondary N) is 2. The Kier molecular flexibility index (Phi) is 5.13. The molecular formula is C17H21N5O5S. The molecule has 0 radical (unpaired) electrons. The summed E-state index contributed by atoms with van der Waals surface area (Å²) in [4.78, 5) is 31.3. The van der Waals surface area contributed by atoms with E-state index in [0.29, 0.717) is 5.82 Å². The second-order valence-electron chi connectivity index (χ2n) is 6.39. The molecule has 0 aliphatic carbocycles. The topological polar surface area (TPSA) is 128 Å². The molecule has 0 atom stereocenters. The standard InChI is InChI=1S/C17H21N5O5S/c1-10-5-6-11(27-4)12(9-10)28(25,26)18-8-7-13-19-14-15(20-13)21(2)17(24)22(3)16(14)23/h5-6,9,18H,7-8H2,1-4H3,(H,19,20). The number of aromatic amines is 1. The van der Waals surface area contributed by atoms with Crippen LogP contribution in [0.25, 0.3) is 11.2 Å². The summed E-state index contributed by atoms with van der Waals surface area (Å²) in [5.74, 6) is 0.646. The molecule has 10 nitrogen and oxygen atoms in total. The van der Waals surface area contributed by atoms with Crippen LogP contribution in [0.4, 0.5) is 0 Å². The van der Waals surface area contributed by atoms with Crippen LogP contribution in [0.1, 0.15) is 11.4 Å². The quantitative estimate of drug-likeness (QED) is 0.582. The van der Waals surface area contributed by atoms with E-state index in [1.54, 1.807) is 19.1 Å². The summed E-state index contributed by atoms with van der Waals surface area (Å²) in [6.07, 6.45) is 0.208. The SMILES string of the molecule is COc1ccc(C)cc1S(=O)(=O)NCCc1nc2c([nH]1)c(=O)n(C)c(=O)n2C. The molecule has 0 spiro atoms. The molecule has 0 saturated heterocycles. The van der Waals surface area contributed by atoms with Crippen molar-refractivity contribution in [1.82, 2.24) is 23.8 Å². The molecule has 150 valence electrons. The van der Waals surface area contributed by atoms with E-state index < -0.39 is 21.3 Å². The molecule has 0 amide bonds. The van der Waals surface area contributed by atoms with E-state index in [1.807, 2.05) is 0 Å². The lowest BCUT2D eigenvalue weighted by atomic mass is 10.2. The fraction of sp³-hybridized carbons (Fsp3) is 0.353. The second-order valence-corrected chi connectivity index (χ2v) is 8.13. The third-order valence-corrected chi connectivity index (χ3v) is 5.89. The summed E-state index contributed by atoms with van der Waals surface area (Å²) in [5, 5.41) is 0. The van der Waals surface area contributed by atoms with Gasteiger partial charge < -0.3 is 9.72 Å². The van der Waals surface area contributed by atoms with Gasteiger partial charge in [0.05, 0.1) is 7.11 Å². The van der Waals surface area contributed by atoms with Crippen molar-refractivity contribution in [2.75, 3.05) is 13.7 Å². The number of sulfonamides is 1. The van der Waals surface area contributed by atoms with Gasteiger partial charge in [0.1, 0.15) is 22.0 Å². The van der Waals surface area contributed by atoms with Crippen molar-refractivity contribution >= 4 is 21.2 Å². The number of hydrogen-bond acceptors (Lipinski definition) is 6. The number of benzene rings is 1. The molecule has 1 aromatic carbocycles. The normalized spacial score (nSPS) is 11.9. The zero-order valence-corrected chi connectivity index (χ0v) is 16.8. The molecule has 0 aliphatic heterocycles. The van der Waals surface area contributed by atoms with E-state index in [9.17, 15) is 18.0 Å². The minimum atomic E-state index is -3.79. The first-order valence-electron chi connectivity index (χ1n) is 8.44. The molecule has 2 heterocycles. The molecule has 3 rings (SSSR count). The van der Waals surface area contributed by atoms with Crippen LogP contribution in [0.5, 0.6) is 5.75 Å². The van der Waals surface area contributed by atoms with Crippen molar-refractivity contribution in [3.63, 3.8) is 0 Å². The van der Waals surface area contributed by atoms with Gasteiger partial charge in [-0.1, -0.05) is 6.07 Å². The number of methoxy groups -OCH3 is 1. The number of rotatable bonds is 6. The van der Waals surface area contributed by atoms with Crippen LogP contribution in [0.15, 0.2) is 32.7 Å². The van der Waals surface area contributed by atoms with Gasteiger partial charge in [-0.25, -0.2) is 22.9 Å². The maximum Gasteiger partial charge on any atom is 0.332 e. The molecule has 3 aromatic rings. The summed E-state index contributed by atoms with van der Waals surface area (Å²) in [7, 11) is 0.511. The first-order valence-corrected chi connectivity index (χ1v) is 9.93. The first kappa shape index (κ1) is 19.8. The maximum absolute atomic E-state index is 12.6. The Hall–Kier alpha value is -2.92. The van der Waals surface area contributed by atoms with Crippen LogP contribution in [-0.4, -0.2) is 41.2 Å². The number of ether oxygens (including phenoxy) is 1. The van der Waals surface area contributed by atoms with Gasteiger partial charge in [-0.05, 0) is 24.6 Å². The maximum atomic E-state index is 12.6. The minimum absolute atomic E-state index is 0.0491. The van der Waals surface area contributed by atoms with E-state index >= 15 is 0 Å². The third-order valence-electron chi connectivity index (χ3n) is 4.41. The van der Waals surface area contributed by atoms with Crippen molar-refractivity contribution in [3.05, 3.63) is 50.4 Å². The number of aromatic nitrogens is 4. The highest BCUT2D eigenvalue weighted by Gasteiger charge is 2.20. The monoisotopic (exact) mass is 407 g/mol. The van der Waals surface area contributed by atoms with Crippen molar-refractivity contribution < 1.29 is 13.2 Å². The van der Waals surface area contributed by atoms with Crippen LogP contribution in [-0.2, 0) is 30.5 Å². The summed E-state index contributed by atoms with van der Waals surface area (Å²) in [6.45, 7) is 1.84. The first-order chi connectivity index (χ1) is 13.2. The predicted molar refractivity (Wildman–Crippen MR) is 103 cm³/mol. The Bertz CT molecular complexity index is 1270. The number of aryl methyl sites for hydroxylation is 2. The number of fused-ring (bicyclic) bond motifs is 1.